The minimum atomic E-state index is 0.681. The Balaban J connectivity index is 1.51. The third-order valence-electron chi connectivity index (χ3n) is 3.95. The molecule has 1 unspecified atom stereocenters. The lowest BCUT2D eigenvalue weighted by atomic mass is 10.1. The Bertz CT molecular complexity index is 313. The van der Waals surface area contributed by atoms with E-state index in [9.17, 15) is 0 Å². The van der Waals surface area contributed by atoms with Crippen molar-refractivity contribution in [3.8, 4) is 0 Å². The molecule has 0 spiro atoms. The second-order valence-electron chi connectivity index (χ2n) is 5.53. The molecule has 2 fully saturated rings. The summed E-state index contributed by atoms with van der Waals surface area (Å²) in [6.07, 6.45) is 5.90. The first kappa shape index (κ1) is 10.8. The molecule has 0 aliphatic heterocycles. The van der Waals surface area contributed by atoms with Crippen molar-refractivity contribution in [3.63, 3.8) is 0 Å². The van der Waals surface area contributed by atoms with Crippen LogP contribution in [0.5, 0.6) is 0 Å². The molecule has 88 valence electrons. The van der Waals surface area contributed by atoms with Crippen LogP contribution >= 0.6 is 11.3 Å². The Morgan fingerprint density at radius 3 is 2.50 bits per heavy atom. The summed E-state index contributed by atoms with van der Waals surface area (Å²) < 4.78 is 0. The van der Waals surface area contributed by atoms with E-state index in [1.807, 2.05) is 11.3 Å². The maximum atomic E-state index is 3.84. The van der Waals surface area contributed by atoms with Crippen LogP contribution in [0.1, 0.15) is 43.4 Å². The van der Waals surface area contributed by atoms with Crippen LogP contribution in [-0.4, -0.2) is 12.6 Å². The van der Waals surface area contributed by atoms with Gasteiger partial charge < -0.3 is 5.32 Å². The fourth-order valence-corrected chi connectivity index (χ4v) is 3.40. The molecule has 1 aromatic rings. The van der Waals surface area contributed by atoms with Gasteiger partial charge in [0, 0.05) is 23.4 Å². The summed E-state index contributed by atoms with van der Waals surface area (Å²) >= 11 is 1.89. The van der Waals surface area contributed by atoms with Crippen molar-refractivity contribution in [2.75, 3.05) is 6.54 Å². The Morgan fingerprint density at radius 1 is 1.31 bits per heavy atom. The zero-order valence-electron chi connectivity index (χ0n) is 9.99. The lowest BCUT2D eigenvalue weighted by molar-refractivity contribution is 0.407. The molecule has 3 rings (SSSR count). The number of thiophene rings is 1. The topological polar surface area (TPSA) is 12.0 Å². The minimum Gasteiger partial charge on any atom is -0.313 e. The monoisotopic (exact) mass is 235 g/mol. The van der Waals surface area contributed by atoms with Crippen LogP contribution in [0.4, 0.5) is 0 Å². The molecule has 1 heterocycles. The van der Waals surface area contributed by atoms with E-state index in [1.165, 1.54) is 30.6 Å². The standard InChI is InChI=1S/C14H21NS/c1-10(13-3-2-8-16-13)9-15-14(11-4-5-11)12-6-7-12/h2-3,8,10-12,14-15H,4-7,9H2,1H3. The summed E-state index contributed by atoms with van der Waals surface area (Å²) in [5.74, 6) is 2.71. The second kappa shape index (κ2) is 4.50. The molecule has 1 atom stereocenters. The molecular formula is C14H21NS. The quantitative estimate of drug-likeness (QED) is 0.794. The average Bonchev–Trinajstić information content (AvgIpc) is 3.21. The van der Waals surface area contributed by atoms with Gasteiger partial charge in [-0.1, -0.05) is 13.0 Å². The summed E-state index contributed by atoms with van der Waals surface area (Å²) in [6, 6.07) is 5.28. The van der Waals surface area contributed by atoms with Crippen LogP contribution in [-0.2, 0) is 0 Å². The Labute approximate surface area is 102 Å². The molecule has 0 radical (unpaired) electrons. The largest absolute Gasteiger partial charge is 0.313 e. The molecule has 2 aliphatic rings. The molecule has 2 saturated carbocycles. The highest BCUT2D eigenvalue weighted by atomic mass is 32.1. The van der Waals surface area contributed by atoms with E-state index in [0.717, 1.165) is 24.4 Å². The van der Waals surface area contributed by atoms with Crippen LogP contribution < -0.4 is 5.32 Å². The Hall–Kier alpha value is -0.340. The van der Waals surface area contributed by atoms with Gasteiger partial charge in [0.25, 0.3) is 0 Å². The summed E-state index contributed by atoms with van der Waals surface area (Å²) in [4.78, 5) is 1.53. The van der Waals surface area contributed by atoms with E-state index in [-0.39, 0.29) is 0 Å². The van der Waals surface area contributed by atoms with Gasteiger partial charge in [-0.3, -0.25) is 0 Å². The van der Waals surface area contributed by atoms with Gasteiger partial charge in [0.05, 0.1) is 0 Å². The van der Waals surface area contributed by atoms with Gasteiger partial charge in [0.1, 0.15) is 0 Å². The number of hydrogen-bond donors (Lipinski definition) is 1. The maximum Gasteiger partial charge on any atom is 0.0124 e. The molecule has 0 saturated heterocycles. The zero-order valence-corrected chi connectivity index (χ0v) is 10.8. The Kier molecular flexibility index (Phi) is 3.03. The smallest absolute Gasteiger partial charge is 0.0124 e. The number of rotatable bonds is 6. The Morgan fingerprint density at radius 2 is 2.00 bits per heavy atom. The highest BCUT2D eigenvalue weighted by Gasteiger charge is 2.41. The summed E-state index contributed by atoms with van der Waals surface area (Å²) in [7, 11) is 0. The van der Waals surface area contributed by atoms with E-state index in [1.54, 1.807) is 0 Å². The molecule has 0 amide bonds. The predicted octanol–water partition coefficient (Wildman–Crippen LogP) is 3.63. The van der Waals surface area contributed by atoms with Gasteiger partial charge in [-0.15, -0.1) is 11.3 Å². The second-order valence-corrected chi connectivity index (χ2v) is 6.50. The maximum absolute atomic E-state index is 3.84. The van der Waals surface area contributed by atoms with E-state index < -0.39 is 0 Å². The van der Waals surface area contributed by atoms with Crippen molar-refractivity contribution in [1.29, 1.82) is 0 Å². The molecule has 2 heteroatoms. The van der Waals surface area contributed by atoms with Gasteiger partial charge in [0.15, 0.2) is 0 Å². The first-order valence-electron chi connectivity index (χ1n) is 6.61. The van der Waals surface area contributed by atoms with Crippen LogP contribution in [0.2, 0.25) is 0 Å². The van der Waals surface area contributed by atoms with Crippen molar-refractivity contribution in [3.05, 3.63) is 22.4 Å². The van der Waals surface area contributed by atoms with Gasteiger partial charge in [-0.25, -0.2) is 0 Å². The van der Waals surface area contributed by atoms with Gasteiger partial charge in [0.2, 0.25) is 0 Å². The predicted molar refractivity (Wildman–Crippen MR) is 70.0 cm³/mol. The average molecular weight is 235 g/mol. The van der Waals surface area contributed by atoms with Crippen molar-refractivity contribution >= 4 is 11.3 Å². The first-order valence-corrected chi connectivity index (χ1v) is 7.49. The highest BCUT2D eigenvalue weighted by molar-refractivity contribution is 7.10. The van der Waals surface area contributed by atoms with Crippen LogP contribution in [0.25, 0.3) is 0 Å². The van der Waals surface area contributed by atoms with E-state index >= 15 is 0 Å². The molecule has 1 N–H and O–H groups in total. The van der Waals surface area contributed by atoms with E-state index in [2.05, 4.69) is 29.8 Å². The highest BCUT2D eigenvalue weighted by Crippen LogP contribution is 2.44. The lowest BCUT2D eigenvalue weighted by Gasteiger charge is -2.20. The number of hydrogen-bond acceptors (Lipinski definition) is 2. The van der Waals surface area contributed by atoms with Crippen LogP contribution in [0.3, 0.4) is 0 Å². The summed E-state index contributed by atoms with van der Waals surface area (Å²) in [5.41, 5.74) is 0. The summed E-state index contributed by atoms with van der Waals surface area (Å²) in [6.45, 7) is 3.51. The van der Waals surface area contributed by atoms with E-state index in [0.29, 0.717) is 5.92 Å². The molecule has 1 nitrogen and oxygen atoms in total. The molecule has 16 heavy (non-hydrogen) atoms. The first-order chi connectivity index (χ1) is 7.84. The number of nitrogens with one attached hydrogen (secondary N) is 1. The fourth-order valence-electron chi connectivity index (χ4n) is 2.61. The van der Waals surface area contributed by atoms with Crippen LogP contribution in [0.15, 0.2) is 17.5 Å². The van der Waals surface area contributed by atoms with Gasteiger partial charge >= 0.3 is 0 Å². The molecule has 0 bridgehead atoms. The van der Waals surface area contributed by atoms with Crippen molar-refractivity contribution in [2.24, 2.45) is 11.8 Å². The lowest BCUT2D eigenvalue weighted by Crippen LogP contribution is -2.35. The third kappa shape index (κ3) is 2.49. The van der Waals surface area contributed by atoms with Gasteiger partial charge in [-0.05, 0) is 49.0 Å². The fraction of sp³-hybridized carbons (Fsp3) is 0.714. The van der Waals surface area contributed by atoms with Crippen LogP contribution in [0, 0.1) is 11.8 Å². The molecule has 1 aromatic heterocycles. The minimum absolute atomic E-state index is 0.681. The molecular weight excluding hydrogens is 214 g/mol. The van der Waals surface area contributed by atoms with E-state index in [4.69, 9.17) is 0 Å². The molecule has 0 aromatic carbocycles. The summed E-state index contributed by atoms with van der Waals surface area (Å²) in [5, 5.41) is 6.02. The van der Waals surface area contributed by atoms with Crippen molar-refractivity contribution in [1.82, 2.24) is 5.32 Å². The zero-order chi connectivity index (χ0) is 11.0. The van der Waals surface area contributed by atoms with Crippen molar-refractivity contribution < 1.29 is 0 Å². The normalized spacial score (nSPS) is 22.6. The van der Waals surface area contributed by atoms with Gasteiger partial charge in [-0.2, -0.15) is 0 Å². The SMILES string of the molecule is CC(CNC(C1CC1)C1CC1)c1cccs1. The van der Waals surface area contributed by atoms with Crippen molar-refractivity contribution in [2.45, 2.75) is 44.6 Å². The third-order valence-corrected chi connectivity index (χ3v) is 5.05. The molecule has 2 aliphatic carbocycles.